The van der Waals surface area contributed by atoms with Crippen LogP contribution in [0.1, 0.15) is 12.0 Å². The third-order valence-corrected chi connectivity index (χ3v) is 6.36. The normalized spacial score (nSPS) is 27.2. The molecule has 3 nitrogen and oxygen atoms in total. The average molecular weight is 301 g/mol. The van der Waals surface area contributed by atoms with E-state index in [0.717, 1.165) is 24.7 Å². The fourth-order valence-electron chi connectivity index (χ4n) is 3.34. The first kappa shape index (κ1) is 13.9. The van der Waals surface area contributed by atoms with Crippen LogP contribution in [0.2, 0.25) is 0 Å². The lowest BCUT2D eigenvalue weighted by molar-refractivity contribution is 0.0923. The zero-order valence-corrected chi connectivity index (χ0v) is 11.8. The van der Waals surface area contributed by atoms with Crippen molar-refractivity contribution in [2.45, 2.75) is 12.8 Å². The molecule has 20 heavy (non-hydrogen) atoms. The Labute approximate surface area is 117 Å². The van der Waals surface area contributed by atoms with E-state index < -0.39 is 21.5 Å². The van der Waals surface area contributed by atoms with Gasteiger partial charge in [0, 0.05) is 18.5 Å². The average Bonchev–Trinajstić information content (AvgIpc) is 2.69. The lowest BCUT2D eigenvalue weighted by Crippen LogP contribution is -2.59. The number of hydrogen-bond donors (Lipinski definition) is 1. The highest BCUT2D eigenvalue weighted by molar-refractivity contribution is 7.91. The Morgan fingerprint density at radius 2 is 2.00 bits per heavy atom. The van der Waals surface area contributed by atoms with Gasteiger partial charge in [0.25, 0.3) is 0 Å². The van der Waals surface area contributed by atoms with Crippen LogP contribution < -0.4 is 5.32 Å². The zero-order valence-electron chi connectivity index (χ0n) is 11.0. The van der Waals surface area contributed by atoms with Gasteiger partial charge in [-0.2, -0.15) is 0 Å². The highest BCUT2D eigenvalue weighted by Crippen LogP contribution is 2.41. The van der Waals surface area contributed by atoms with Crippen molar-refractivity contribution < 1.29 is 17.2 Å². The molecule has 0 saturated carbocycles. The molecule has 1 unspecified atom stereocenters. The molecule has 2 saturated heterocycles. The summed E-state index contributed by atoms with van der Waals surface area (Å²) in [5.41, 5.74) is 0.600. The molecule has 3 rings (SSSR count). The van der Waals surface area contributed by atoms with E-state index in [1.807, 2.05) is 0 Å². The molecule has 1 atom stereocenters. The summed E-state index contributed by atoms with van der Waals surface area (Å²) < 4.78 is 49.6. The van der Waals surface area contributed by atoms with Gasteiger partial charge < -0.3 is 5.32 Å². The van der Waals surface area contributed by atoms with Gasteiger partial charge in [-0.05, 0) is 36.5 Å². The monoisotopic (exact) mass is 301 g/mol. The van der Waals surface area contributed by atoms with E-state index in [9.17, 15) is 17.2 Å². The summed E-state index contributed by atoms with van der Waals surface area (Å²) >= 11 is 0. The maximum atomic E-state index is 13.3. The van der Waals surface area contributed by atoms with Crippen LogP contribution in [0.3, 0.4) is 0 Å². The number of halogens is 2. The first-order valence-corrected chi connectivity index (χ1v) is 8.57. The molecule has 2 aliphatic rings. The van der Waals surface area contributed by atoms with Gasteiger partial charge in [0.15, 0.2) is 21.5 Å². The number of rotatable bonds is 3. The SMILES string of the molecule is O=S1(=O)CCC(C2(Cc3ccc(F)c(F)c3)CNC2)C1. The lowest BCUT2D eigenvalue weighted by Gasteiger charge is -2.47. The number of hydrogen-bond acceptors (Lipinski definition) is 3. The van der Waals surface area contributed by atoms with Crippen LogP contribution in [0.5, 0.6) is 0 Å². The number of sulfone groups is 1. The molecule has 1 N–H and O–H groups in total. The predicted octanol–water partition coefficient (Wildman–Crippen LogP) is 1.53. The highest BCUT2D eigenvalue weighted by atomic mass is 32.2. The molecule has 1 aromatic rings. The van der Waals surface area contributed by atoms with Crippen LogP contribution in [0.4, 0.5) is 8.78 Å². The summed E-state index contributed by atoms with van der Waals surface area (Å²) in [6.45, 7) is 1.48. The number of nitrogens with one attached hydrogen (secondary N) is 1. The summed E-state index contributed by atoms with van der Waals surface area (Å²) in [5, 5.41) is 3.19. The third kappa shape index (κ3) is 2.46. The van der Waals surface area contributed by atoms with Crippen molar-refractivity contribution in [2.75, 3.05) is 24.6 Å². The Kier molecular flexibility index (Phi) is 3.33. The molecule has 0 aromatic heterocycles. The summed E-state index contributed by atoms with van der Waals surface area (Å²) in [6.07, 6.45) is 1.27. The number of benzene rings is 1. The molecule has 2 heterocycles. The Hall–Kier alpha value is -1.01. The van der Waals surface area contributed by atoms with E-state index >= 15 is 0 Å². The van der Waals surface area contributed by atoms with E-state index in [4.69, 9.17) is 0 Å². The Morgan fingerprint density at radius 3 is 2.50 bits per heavy atom. The van der Waals surface area contributed by atoms with Crippen LogP contribution >= 0.6 is 0 Å². The smallest absolute Gasteiger partial charge is 0.159 e. The molecular formula is C14H17F2NO2S. The van der Waals surface area contributed by atoms with Crippen LogP contribution in [-0.4, -0.2) is 33.0 Å². The molecule has 2 aliphatic heterocycles. The molecule has 1 aromatic carbocycles. The van der Waals surface area contributed by atoms with E-state index in [2.05, 4.69) is 5.32 Å². The fraction of sp³-hybridized carbons (Fsp3) is 0.571. The minimum atomic E-state index is -2.92. The first-order chi connectivity index (χ1) is 9.40. The molecule has 0 bridgehead atoms. The summed E-state index contributed by atoms with van der Waals surface area (Å²) in [4.78, 5) is 0. The molecule has 6 heteroatoms. The molecule has 110 valence electrons. The van der Waals surface area contributed by atoms with Gasteiger partial charge >= 0.3 is 0 Å². The van der Waals surface area contributed by atoms with Crippen LogP contribution in [0.15, 0.2) is 18.2 Å². The maximum absolute atomic E-state index is 13.3. The summed E-state index contributed by atoms with van der Waals surface area (Å²) in [5.74, 6) is -1.11. The highest BCUT2D eigenvalue weighted by Gasteiger charge is 2.48. The van der Waals surface area contributed by atoms with E-state index in [1.54, 1.807) is 6.07 Å². The lowest BCUT2D eigenvalue weighted by atomic mass is 9.67. The molecule has 0 radical (unpaired) electrons. The van der Waals surface area contributed by atoms with Crippen LogP contribution in [-0.2, 0) is 16.3 Å². The summed E-state index contributed by atoms with van der Waals surface area (Å²) in [7, 11) is -2.92. The van der Waals surface area contributed by atoms with Gasteiger partial charge in [0.05, 0.1) is 11.5 Å². The molecule has 0 amide bonds. The second-order valence-electron chi connectivity index (χ2n) is 5.99. The minimum absolute atomic E-state index is 0.113. The van der Waals surface area contributed by atoms with Crippen molar-refractivity contribution in [3.63, 3.8) is 0 Å². The molecule has 0 spiro atoms. The van der Waals surface area contributed by atoms with Gasteiger partial charge in [-0.1, -0.05) is 6.07 Å². The predicted molar refractivity (Wildman–Crippen MR) is 72.1 cm³/mol. The minimum Gasteiger partial charge on any atom is -0.315 e. The fourth-order valence-corrected chi connectivity index (χ4v) is 5.28. The van der Waals surface area contributed by atoms with E-state index in [-0.39, 0.29) is 22.8 Å². The third-order valence-electron chi connectivity index (χ3n) is 4.59. The quantitative estimate of drug-likeness (QED) is 0.921. The molecule has 2 fully saturated rings. The van der Waals surface area contributed by atoms with Gasteiger partial charge in [-0.15, -0.1) is 0 Å². The van der Waals surface area contributed by atoms with E-state index in [0.29, 0.717) is 12.8 Å². The molecular weight excluding hydrogens is 284 g/mol. The summed E-state index contributed by atoms with van der Waals surface area (Å²) in [6, 6.07) is 3.94. The Morgan fingerprint density at radius 1 is 1.25 bits per heavy atom. The largest absolute Gasteiger partial charge is 0.315 e. The van der Waals surface area contributed by atoms with Crippen molar-refractivity contribution in [2.24, 2.45) is 11.3 Å². The van der Waals surface area contributed by atoms with E-state index in [1.165, 1.54) is 6.07 Å². The maximum Gasteiger partial charge on any atom is 0.159 e. The second kappa shape index (κ2) is 4.77. The second-order valence-corrected chi connectivity index (χ2v) is 8.22. The van der Waals surface area contributed by atoms with Gasteiger partial charge in [0.2, 0.25) is 0 Å². The molecule has 0 aliphatic carbocycles. The topological polar surface area (TPSA) is 46.2 Å². The van der Waals surface area contributed by atoms with Crippen LogP contribution in [0.25, 0.3) is 0 Å². The standard InChI is InChI=1S/C14H17F2NO2S/c15-12-2-1-10(5-13(12)16)6-14(8-17-9-14)11-3-4-20(18,19)7-11/h1-2,5,11,17H,3-4,6-9H2. The first-order valence-electron chi connectivity index (χ1n) is 6.75. The Balaban J connectivity index is 1.81. The van der Waals surface area contributed by atoms with Gasteiger partial charge in [-0.3, -0.25) is 0 Å². The van der Waals surface area contributed by atoms with Crippen molar-refractivity contribution in [3.05, 3.63) is 35.4 Å². The Bertz CT molecular complexity index is 626. The van der Waals surface area contributed by atoms with Crippen molar-refractivity contribution in [3.8, 4) is 0 Å². The van der Waals surface area contributed by atoms with Crippen molar-refractivity contribution >= 4 is 9.84 Å². The van der Waals surface area contributed by atoms with Crippen molar-refractivity contribution in [1.29, 1.82) is 0 Å². The van der Waals surface area contributed by atoms with Crippen molar-refractivity contribution in [1.82, 2.24) is 5.32 Å². The van der Waals surface area contributed by atoms with Gasteiger partial charge in [-0.25, -0.2) is 17.2 Å². The zero-order chi connectivity index (χ0) is 14.4. The van der Waals surface area contributed by atoms with Crippen LogP contribution in [0, 0.1) is 23.0 Å². The van der Waals surface area contributed by atoms with Gasteiger partial charge in [0.1, 0.15) is 0 Å².